The molecule has 2 N–H and O–H groups in total. The van der Waals surface area contributed by atoms with Crippen molar-refractivity contribution in [3.63, 3.8) is 0 Å². The van der Waals surface area contributed by atoms with Crippen LogP contribution in [-0.2, 0) is 6.54 Å². The third kappa shape index (κ3) is 4.27. The number of aromatic nitrogens is 4. The summed E-state index contributed by atoms with van der Waals surface area (Å²) >= 11 is 0. The van der Waals surface area contributed by atoms with E-state index >= 15 is 0 Å². The van der Waals surface area contributed by atoms with Crippen LogP contribution >= 0.6 is 0 Å². The van der Waals surface area contributed by atoms with Gasteiger partial charge in [-0.2, -0.15) is 10.2 Å². The molecule has 2 heterocycles. The number of benzene rings is 2. The highest BCUT2D eigenvalue weighted by molar-refractivity contribution is 6.07. The lowest BCUT2D eigenvalue weighted by atomic mass is 10.1. The molecule has 4 aromatic rings. The summed E-state index contributed by atoms with van der Waals surface area (Å²) in [5, 5.41) is 14.7. The van der Waals surface area contributed by atoms with Crippen molar-refractivity contribution in [1.82, 2.24) is 20.0 Å². The molecule has 0 unspecified atom stereocenters. The molecule has 0 atom stereocenters. The van der Waals surface area contributed by atoms with Gasteiger partial charge < -0.3 is 5.32 Å². The first-order chi connectivity index (χ1) is 14.1. The number of carbonyl (C=O) groups excluding carboxylic acids is 1. The Hall–Kier alpha value is -3.67. The van der Waals surface area contributed by atoms with Gasteiger partial charge in [0, 0.05) is 23.5 Å². The van der Waals surface area contributed by atoms with Gasteiger partial charge in [-0.05, 0) is 11.5 Å². The van der Waals surface area contributed by atoms with Crippen LogP contribution in [0.3, 0.4) is 0 Å². The first-order valence-electron chi connectivity index (χ1n) is 9.63. The SMILES string of the molecule is CC(C)c1cc(NC(=O)c2cn(Cc3ccccc3)nc2-c2ccccc2)n[nH]1. The van der Waals surface area contributed by atoms with Crippen LogP contribution in [0.4, 0.5) is 5.82 Å². The van der Waals surface area contributed by atoms with Crippen molar-refractivity contribution in [2.75, 3.05) is 5.32 Å². The van der Waals surface area contributed by atoms with Gasteiger partial charge in [0.15, 0.2) is 5.82 Å². The van der Waals surface area contributed by atoms with E-state index in [2.05, 4.69) is 29.4 Å². The molecule has 0 aliphatic rings. The Kier molecular flexibility index (Phi) is 5.24. The zero-order valence-corrected chi connectivity index (χ0v) is 16.5. The van der Waals surface area contributed by atoms with Gasteiger partial charge in [-0.3, -0.25) is 14.6 Å². The number of H-pyrrole nitrogens is 1. The monoisotopic (exact) mass is 385 g/mol. The molecular formula is C23H23N5O. The smallest absolute Gasteiger partial charge is 0.260 e. The number of hydrogen-bond acceptors (Lipinski definition) is 3. The van der Waals surface area contributed by atoms with Crippen LogP contribution in [0, 0.1) is 0 Å². The lowest BCUT2D eigenvalue weighted by Crippen LogP contribution is -2.12. The Labute approximate surface area is 169 Å². The first kappa shape index (κ1) is 18.7. The summed E-state index contributed by atoms with van der Waals surface area (Å²) in [6.45, 7) is 4.73. The summed E-state index contributed by atoms with van der Waals surface area (Å²) in [4.78, 5) is 13.0. The topological polar surface area (TPSA) is 75.6 Å². The molecule has 0 saturated heterocycles. The predicted octanol–water partition coefficient (Wildman–Crippen LogP) is 4.70. The molecule has 6 heteroatoms. The number of anilines is 1. The van der Waals surface area contributed by atoms with E-state index in [4.69, 9.17) is 5.10 Å². The zero-order chi connectivity index (χ0) is 20.2. The summed E-state index contributed by atoms with van der Waals surface area (Å²) in [5.41, 5.74) is 4.16. The maximum atomic E-state index is 13.0. The van der Waals surface area contributed by atoms with E-state index in [1.165, 1.54) is 0 Å². The summed E-state index contributed by atoms with van der Waals surface area (Å²) in [6, 6.07) is 21.7. The van der Waals surface area contributed by atoms with E-state index in [9.17, 15) is 4.79 Å². The molecule has 29 heavy (non-hydrogen) atoms. The van der Waals surface area contributed by atoms with Crippen LogP contribution in [0.5, 0.6) is 0 Å². The third-order valence-corrected chi connectivity index (χ3v) is 4.70. The molecule has 2 aromatic carbocycles. The summed E-state index contributed by atoms with van der Waals surface area (Å²) in [6.07, 6.45) is 1.79. The van der Waals surface area contributed by atoms with Crippen molar-refractivity contribution < 1.29 is 4.79 Å². The summed E-state index contributed by atoms with van der Waals surface area (Å²) < 4.78 is 1.80. The molecule has 1 amide bonds. The summed E-state index contributed by atoms with van der Waals surface area (Å²) in [5.74, 6) is 0.583. The third-order valence-electron chi connectivity index (χ3n) is 4.70. The highest BCUT2D eigenvalue weighted by atomic mass is 16.1. The number of hydrogen-bond donors (Lipinski definition) is 2. The largest absolute Gasteiger partial charge is 0.305 e. The molecule has 0 aliphatic carbocycles. The Morgan fingerprint density at radius 2 is 1.76 bits per heavy atom. The van der Waals surface area contributed by atoms with Gasteiger partial charge in [0.1, 0.15) is 5.69 Å². The molecule has 0 aliphatic heterocycles. The molecule has 0 spiro atoms. The Morgan fingerprint density at radius 3 is 2.41 bits per heavy atom. The number of aromatic amines is 1. The molecular weight excluding hydrogens is 362 g/mol. The Morgan fingerprint density at radius 1 is 1.07 bits per heavy atom. The average molecular weight is 385 g/mol. The maximum Gasteiger partial charge on any atom is 0.260 e. The number of rotatable bonds is 6. The van der Waals surface area contributed by atoms with E-state index in [1.54, 1.807) is 10.9 Å². The van der Waals surface area contributed by atoms with Crippen LogP contribution in [0.15, 0.2) is 72.9 Å². The van der Waals surface area contributed by atoms with Crippen LogP contribution in [0.25, 0.3) is 11.3 Å². The minimum absolute atomic E-state index is 0.232. The number of carbonyl (C=O) groups is 1. The van der Waals surface area contributed by atoms with E-state index < -0.39 is 0 Å². The van der Waals surface area contributed by atoms with Gasteiger partial charge in [0.05, 0.1) is 12.1 Å². The average Bonchev–Trinajstić information content (AvgIpc) is 3.37. The minimum Gasteiger partial charge on any atom is -0.305 e. The van der Waals surface area contributed by atoms with Crippen LogP contribution < -0.4 is 5.32 Å². The first-order valence-corrected chi connectivity index (χ1v) is 9.63. The van der Waals surface area contributed by atoms with Crippen molar-refractivity contribution in [2.45, 2.75) is 26.3 Å². The standard InChI is InChI=1S/C23H23N5O/c1-16(2)20-13-21(26-25-20)24-23(29)19-15-28(14-17-9-5-3-6-10-17)27-22(19)18-11-7-4-8-12-18/h3-13,15-16H,14H2,1-2H3,(H2,24,25,26,29). The molecule has 4 rings (SSSR count). The highest BCUT2D eigenvalue weighted by Gasteiger charge is 2.19. The van der Waals surface area contributed by atoms with Gasteiger partial charge in [-0.1, -0.05) is 74.5 Å². The van der Waals surface area contributed by atoms with Gasteiger partial charge in [-0.15, -0.1) is 0 Å². The minimum atomic E-state index is -0.232. The van der Waals surface area contributed by atoms with Gasteiger partial charge in [0.2, 0.25) is 0 Å². The van der Waals surface area contributed by atoms with Crippen LogP contribution in [0.1, 0.15) is 41.4 Å². The fourth-order valence-electron chi connectivity index (χ4n) is 3.13. The molecule has 146 valence electrons. The van der Waals surface area contributed by atoms with Gasteiger partial charge in [-0.25, -0.2) is 0 Å². The van der Waals surface area contributed by atoms with Crippen molar-refractivity contribution in [3.8, 4) is 11.3 Å². The van der Waals surface area contributed by atoms with E-state index in [0.717, 1.165) is 16.8 Å². The fraction of sp³-hybridized carbons (Fsp3) is 0.174. The second-order valence-electron chi connectivity index (χ2n) is 7.26. The van der Waals surface area contributed by atoms with Crippen LogP contribution in [-0.4, -0.2) is 25.9 Å². The zero-order valence-electron chi connectivity index (χ0n) is 16.5. The van der Waals surface area contributed by atoms with Crippen molar-refractivity contribution in [2.24, 2.45) is 0 Å². The lowest BCUT2D eigenvalue weighted by molar-refractivity contribution is 0.102. The normalized spacial score (nSPS) is 11.0. The number of nitrogens with one attached hydrogen (secondary N) is 2. The summed E-state index contributed by atoms with van der Waals surface area (Å²) in [7, 11) is 0. The van der Waals surface area contributed by atoms with Crippen molar-refractivity contribution >= 4 is 11.7 Å². The van der Waals surface area contributed by atoms with E-state index in [0.29, 0.717) is 29.5 Å². The fourth-order valence-corrected chi connectivity index (χ4v) is 3.13. The molecule has 6 nitrogen and oxygen atoms in total. The van der Waals surface area contributed by atoms with E-state index in [1.807, 2.05) is 66.7 Å². The molecule has 2 aromatic heterocycles. The Bertz CT molecular complexity index is 1100. The quantitative estimate of drug-likeness (QED) is 0.505. The number of amides is 1. The molecule has 0 bridgehead atoms. The van der Waals surface area contributed by atoms with E-state index in [-0.39, 0.29) is 5.91 Å². The lowest BCUT2D eigenvalue weighted by Gasteiger charge is -2.02. The van der Waals surface area contributed by atoms with Crippen LogP contribution in [0.2, 0.25) is 0 Å². The second kappa shape index (κ2) is 8.14. The van der Waals surface area contributed by atoms with Crippen molar-refractivity contribution in [3.05, 3.63) is 89.7 Å². The Balaban J connectivity index is 1.65. The molecule has 0 saturated carbocycles. The predicted molar refractivity (Wildman–Crippen MR) is 114 cm³/mol. The number of nitrogens with zero attached hydrogens (tertiary/aromatic N) is 3. The van der Waals surface area contributed by atoms with Gasteiger partial charge in [0.25, 0.3) is 5.91 Å². The second-order valence-corrected chi connectivity index (χ2v) is 7.26. The van der Waals surface area contributed by atoms with Gasteiger partial charge >= 0.3 is 0 Å². The molecule has 0 radical (unpaired) electrons. The maximum absolute atomic E-state index is 13.0. The van der Waals surface area contributed by atoms with Crippen molar-refractivity contribution in [1.29, 1.82) is 0 Å². The highest BCUT2D eigenvalue weighted by Crippen LogP contribution is 2.24. The molecule has 0 fully saturated rings.